The molecule has 10 heteroatoms. The van der Waals surface area contributed by atoms with Crippen molar-refractivity contribution in [3.05, 3.63) is 59.6 Å². The minimum Gasteiger partial charge on any atom is -0.444 e. The van der Waals surface area contributed by atoms with Crippen LogP contribution in [-0.2, 0) is 10.5 Å². The molecule has 4 heterocycles. The Balaban J connectivity index is 1.42. The molecule has 1 aliphatic rings. The number of thioether (sulfide) groups is 1. The van der Waals surface area contributed by atoms with Gasteiger partial charge in [-0.15, -0.1) is 21.5 Å². The Morgan fingerprint density at radius 3 is 2.83 bits per heavy atom. The largest absolute Gasteiger partial charge is 0.444 e. The summed E-state index contributed by atoms with van der Waals surface area (Å²) < 4.78 is 26.9. The monoisotopic (exact) mass is 443 g/mol. The number of rotatable bonds is 6. The second-order valence-electron chi connectivity index (χ2n) is 6.61. The minimum atomic E-state index is -0.304. The first kappa shape index (κ1) is 19.3. The lowest BCUT2D eigenvalue weighted by atomic mass is 10.3. The number of nitrogens with zero attached hydrogens (tertiary/aromatic N) is 5. The molecule has 0 saturated carbocycles. The first-order valence-corrected chi connectivity index (χ1v) is 11.3. The van der Waals surface area contributed by atoms with E-state index in [1.54, 1.807) is 23.7 Å². The highest BCUT2D eigenvalue weighted by atomic mass is 32.2. The Labute approximate surface area is 180 Å². The van der Waals surface area contributed by atoms with Crippen LogP contribution in [0.4, 0.5) is 10.3 Å². The number of thiophene rings is 1. The van der Waals surface area contributed by atoms with Gasteiger partial charge < -0.3 is 14.1 Å². The number of morpholine rings is 1. The molecule has 0 N–H and O–H groups in total. The molecule has 1 saturated heterocycles. The number of benzene rings is 1. The highest BCUT2D eigenvalue weighted by Crippen LogP contribution is 2.30. The van der Waals surface area contributed by atoms with Gasteiger partial charge in [0, 0.05) is 18.8 Å². The first-order valence-electron chi connectivity index (χ1n) is 9.43. The lowest BCUT2D eigenvalue weighted by Crippen LogP contribution is -2.37. The summed E-state index contributed by atoms with van der Waals surface area (Å²) in [6.07, 6.45) is 1.66. The summed E-state index contributed by atoms with van der Waals surface area (Å²) in [5.74, 6) is 1.56. The predicted octanol–water partition coefficient (Wildman–Crippen LogP) is 4.25. The van der Waals surface area contributed by atoms with Gasteiger partial charge >= 0.3 is 0 Å². The van der Waals surface area contributed by atoms with E-state index >= 15 is 0 Å². The summed E-state index contributed by atoms with van der Waals surface area (Å²) in [6, 6.07) is 10.4. The predicted molar refractivity (Wildman–Crippen MR) is 114 cm³/mol. The summed E-state index contributed by atoms with van der Waals surface area (Å²) in [6.45, 7) is 2.68. The van der Waals surface area contributed by atoms with Crippen molar-refractivity contribution in [2.75, 3.05) is 31.2 Å². The number of oxazole rings is 1. The molecule has 0 spiro atoms. The van der Waals surface area contributed by atoms with E-state index in [2.05, 4.69) is 20.1 Å². The molecule has 5 rings (SSSR count). The molecule has 30 heavy (non-hydrogen) atoms. The third kappa shape index (κ3) is 3.98. The van der Waals surface area contributed by atoms with E-state index in [-0.39, 0.29) is 5.82 Å². The summed E-state index contributed by atoms with van der Waals surface area (Å²) in [7, 11) is 0. The average Bonchev–Trinajstić information content (AvgIpc) is 3.53. The zero-order valence-corrected chi connectivity index (χ0v) is 17.5. The summed E-state index contributed by atoms with van der Waals surface area (Å²) in [4.78, 5) is 7.66. The normalized spacial score (nSPS) is 14.4. The molecule has 0 amide bonds. The zero-order valence-electron chi connectivity index (χ0n) is 15.9. The van der Waals surface area contributed by atoms with Gasteiger partial charge in [-0.1, -0.05) is 23.9 Å². The lowest BCUT2D eigenvalue weighted by Gasteiger charge is -2.27. The first-order chi connectivity index (χ1) is 14.8. The molecule has 1 aromatic carbocycles. The minimum absolute atomic E-state index is 0.304. The van der Waals surface area contributed by atoms with Gasteiger partial charge in [0.1, 0.15) is 12.1 Å². The second kappa shape index (κ2) is 8.58. The zero-order chi connectivity index (χ0) is 20.3. The third-order valence-electron chi connectivity index (χ3n) is 4.61. The van der Waals surface area contributed by atoms with Crippen molar-refractivity contribution in [3.8, 4) is 16.5 Å². The SMILES string of the molecule is Fc1cccc(-n2c(SCc3coc(-c4cccs4)n3)nnc2N2CCOCC2)c1. The van der Waals surface area contributed by atoms with Crippen LogP contribution in [0.3, 0.4) is 0 Å². The number of aromatic nitrogens is 4. The van der Waals surface area contributed by atoms with E-state index in [9.17, 15) is 4.39 Å². The molecular weight excluding hydrogens is 425 g/mol. The van der Waals surface area contributed by atoms with E-state index < -0.39 is 0 Å². The number of hydrogen-bond acceptors (Lipinski definition) is 8. The van der Waals surface area contributed by atoms with Crippen LogP contribution in [0.5, 0.6) is 0 Å². The van der Waals surface area contributed by atoms with Crippen LogP contribution in [0, 0.1) is 5.82 Å². The van der Waals surface area contributed by atoms with Gasteiger partial charge in [-0.3, -0.25) is 4.57 Å². The van der Waals surface area contributed by atoms with Crippen molar-refractivity contribution in [2.45, 2.75) is 10.9 Å². The Hall–Kier alpha value is -2.69. The Morgan fingerprint density at radius 2 is 2.03 bits per heavy atom. The molecule has 0 radical (unpaired) electrons. The molecular formula is C20H18FN5O2S2. The smallest absolute Gasteiger partial charge is 0.236 e. The summed E-state index contributed by atoms with van der Waals surface area (Å²) in [5.41, 5.74) is 1.49. The maximum atomic E-state index is 13.9. The number of halogens is 1. The molecule has 0 atom stereocenters. The van der Waals surface area contributed by atoms with Crippen LogP contribution in [0.1, 0.15) is 5.69 Å². The topological polar surface area (TPSA) is 69.2 Å². The Kier molecular flexibility index (Phi) is 5.52. The van der Waals surface area contributed by atoms with Crippen LogP contribution >= 0.6 is 23.1 Å². The number of hydrogen-bond donors (Lipinski definition) is 0. The molecule has 0 aliphatic carbocycles. The van der Waals surface area contributed by atoms with Crippen molar-refractivity contribution < 1.29 is 13.5 Å². The highest BCUT2D eigenvalue weighted by Gasteiger charge is 2.22. The quantitative estimate of drug-likeness (QED) is 0.413. The highest BCUT2D eigenvalue weighted by molar-refractivity contribution is 7.98. The van der Waals surface area contributed by atoms with Crippen LogP contribution in [0.15, 0.2) is 57.6 Å². The second-order valence-corrected chi connectivity index (χ2v) is 8.50. The summed E-state index contributed by atoms with van der Waals surface area (Å²) in [5, 5.41) is 11.4. The van der Waals surface area contributed by atoms with Crippen LogP contribution in [0.2, 0.25) is 0 Å². The van der Waals surface area contributed by atoms with Crippen molar-refractivity contribution in [3.63, 3.8) is 0 Å². The van der Waals surface area contributed by atoms with Gasteiger partial charge in [-0.2, -0.15) is 0 Å². The molecule has 4 aromatic rings. The van der Waals surface area contributed by atoms with E-state index in [1.165, 1.54) is 23.9 Å². The number of ether oxygens (including phenoxy) is 1. The van der Waals surface area contributed by atoms with Crippen molar-refractivity contribution in [2.24, 2.45) is 0 Å². The summed E-state index contributed by atoms with van der Waals surface area (Å²) >= 11 is 3.07. The fourth-order valence-corrected chi connectivity index (χ4v) is 4.67. The Morgan fingerprint density at radius 1 is 1.13 bits per heavy atom. The molecule has 3 aromatic heterocycles. The fraction of sp³-hybridized carbons (Fsp3) is 0.250. The average molecular weight is 444 g/mol. The molecule has 1 aliphatic heterocycles. The van der Waals surface area contributed by atoms with Crippen molar-refractivity contribution >= 4 is 29.0 Å². The maximum Gasteiger partial charge on any atom is 0.236 e. The molecule has 1 fully saturated rings. The fourth-order valence-electron chi connectivity index (χ4n) is 3.19. The van der Waals surface area contributed by atoms with Gasteiger partial charge in [0.25, 0.3) is 0 Å². The van der Waals surface area contributed by atoms with E-state index in [0.717, 1.165) is 10.6 Å². The van der Waals surface area contributed by atoms with Gasteiger partial charge in [-0.25, -0.2) is 9.37 Å². The molecule has 154 valence electrons. The Bertz CT molecular complexity index is 1120. The molecule has 0 bridgehead atoms. The van der Waals surface area contributed by atoms with Crippen LogP contribution in [-0.4, -0.2) is 46.1 Å². The van der Waals surface area contributed by atoms with E-state index in [4.69, 9.17) is 9.15 Å². The maximum absolute atomic E-state index is 13.9. The third-order valence-corrected chi connectivity index (χ3v) is 6.43. The van der Waals surface area contributed by atoms with Gasteiger partial charge in [0.2, 0.25) is 11.8 Å². The van der Waals surface area contributed by atoms with Crippen LogP contribution in [0.25, 0.3) is 16.5 Å². The standard InChI is InChI=1S/C20H18FN5O2S2/c21-14-3-1-4-16(11-14)26-19(25-6-8-27-9-7-25)23-24-20(26)30-13-15-12-28-18(22-15)17-5-2-10-29-17/h1-5,10-12H,6-9,13H2. The van der Waals surface area contributed by atoms with Crippen molar-refractivity contribution in [1.29, 1.82) is 0 Å². The van der Waals surface area contributed by atoms with Crippen LogP contribution < -0.4 is 4.90 Å². The lowest BCUT2D eigenvalue weighted by molar-refractivity contribution is 0.122. The van der Waals surface area contributed by atoms with Gasteiger partial charge in [0.15, 0.2) is 5.16 Å². The molecule has 7 nitrogen and oxygen atoms in total. The van der Waals surface area contributed by atoms with Gasteiger partial charge in [0.05, 0.1) is 29.5 Å². The van der Waals surface area contributed by atoms with Crippen molar-refractivity contribution in [1.82, 2.24) is 19.7 Å². The van der Waals surface area contributed by atoms with Gasteiger partial charge in [-0.05, 0) is 29.6 Å². The molecule has 0 unspecified atom stereocenters. The number of anilines is 1. The van der Waals surface area contributed by atoms with E-state index in [1.807, 2.05) is 28.1 Å². The van der Waals surface area contributed by atoms with E-state index in [0.29, 0.717) is 54.7 Å².